The van der Waals surface area contributed by atoms with Gasteiger partial charge in [-0.15, -0.1) is 0 Å². The fourth-order valence-corrected chi connectivity index (χ4v) is 2.34. The first kappa shape index (κ1) is 12.7. The van der Waals surface area contributed by atoms with Gasteiger partial charge in [0.1, 0.15) is 11.6 Å². The number of nitrogens with zero attached hydrogens (tertiary/aromatic N) is 2. The Morgan fingerprint density at radius 3 is 2.45 bits per heavy atom. The summed E-state index contributed by atoms with van der Waals surface area (Å²) >= 11 is 0. The van der Waals surface area contributed by atoms with Crippen molar-refractivity contribution < 1.29 is 8.78 Å². The average Bonchev–Trinajstić information content (AvgIpc) is 2.76. The zero-order valence-corrected chi connectivity index (χ0v) is 10.7. The number of hydrogen-bond donors (Lipinski definition) is 1. The molecule has 0 radical (unpaired) electrons. The Bertz CT molecular complexity index is 745. The fourth-order valence-electron chi connectivity index (χ4n) is 2.34. The molecule has 3 aromatic rings. The van der Waals surface area contributed by atoms with Gasteiger partial charge in [-0.1, -0.05) is 18.2 Å². The monoisotopic (exact) mass is 273 g/mol. The topological polar surface area (TPSA) is 43.8 Å². The lowest BCUT2D eigenvalue weighted by Gasteiger charge is -2.04. The molecule has 0 aliphatic carbocycles. The molecule has 0 saturated heterocycles. The van der Waals surface area contributed by atoms with Crippen molar-refractivity contribution in [1.29, 1.82) is 0 Å². The highest BCUT2D eigenvalue weighted by Crippen LogP contribution is 2.19. The summed E-state index contributed by atoms with van der Waals surface area (Å²) in [7, 11) is 0. The number of benzene rings is 2. The van der Waals surface area contributed by atoms with Crippen molar-refractivity contribution in [2.24, 2.45) is 5.73 Å². The van der Waals surface area contributed by atoms with Gasteiger partial charge < -0.3 is 5.73 Å². The lowest BCUT2D eigenvalue weighted by Crippen LogP contribution is -2.04. The highest BCUT2D eigenvalue weighted by molar-refractivity contribution is 5.82. The van der Waals surface area contributed by atoms with Crippen LogP contribution in [0.1, 0.15) is 11.3 Å². The van der Waals surface area contributed by atoms with Crippen LogP contribution in [0.3, 0.4) is 0 Å². The standard InChI is InChI=1S/C15H13F2N3/c16-11-5-10(6-12(17)7-11)9-20-15-4-2-1-3-13(15)14(8-18)19-20/h1-7H,8-9,18H2. The minimum absolute atomic E-state index is 0.301. The van der Waals surface area contributed by atoms with Gasteiger partial charge in [0, 0.05) is 18.0 Å². The number of hydrogen-bond acceptors (Lipinski definition) is 2. The predicted molar refractivity (Wildman–Crippen MR) is 73.1 cm³/mol. The maximum Gasteiger partial charge on any atom is 0.126 e. The molecule has 0 bridgehead atoms. The van der Waals surface area contributed by atoms with E-state index in [0.29, 0.717) is 18.7 Å². The Balaban J connectivity index is 2.06. The first-order chi connectivity index (χ1) is 9.67. The summed E-state index contributed by atoms with van der Waals surface area (Å²) in [4.78, 5) is 0. The zero-order chi connectivity index (χ0) is 14.1. The summed E-state index contributed by atoms with van der Waals surface area (Å²) in [6, 6.07) is 11.1. The summed E-state index contributed by atoms with van der Waals surface area (Å²) < 4.78 is 28.2. The second-order valence-corrected chi connectivity index (χ2v) is 4.60. The van der Waals surface area contributed by atoms with Gasteiger partial charge in [-0.25, -0.2) is 8.78 Å². The van der Waals surface area contributed by atoms with E-state index in [1.807, 2.05) is 24.3 Å². The SMILES string of the molecule is NCc1nn(Cc2cc(F)cc(F)c2)c2ccccc12. The van der Waals surface area contributed by atoms with Gasteiger partial charge in [0.25, 0.3) is 0 Å². The first-order valence-corrected chi connectivity index (χ1v) is 6.27. The van der Waals surface area contributed by atoms with E-state index in [-0.39, 0.29) is 0 Å². The number of para-hydroxylation sites is 1. The maximum atomic E-state index is 13.2. The molecule has 20 heavy (non-hydrogen) atoms. The second-order valence-electron chi connectivity index (χ2n) is 4.60. The van der Waals surface area contributed by atoms with Crippen molar-refractivity contribution in [2.75, 3.05) is 0 Å². The number of aromatic nitrogens is 2. The molecule has 3 nitrogen and oxygen atoms in total. The van der Waals surface area contributed by atoms with Crippen LogP contribution in [0, 0.1) is 11.6 Å². The lowest BCUT2D eigenvalue weighted by molar-refractivity contribution is 0.575. The summed E-state index contributed by atoms with van der Waals surface area (Å²) in [5, 5.41) is 5.37. The number of rotatable bonds is 3. The van der Waals surface area contributed by atoms with Gasteiger partial charge in [-0.2, -0.15) is 5.10 Å². The summed E-state index contributed by atoms with van der Waals surface area (Å²) in [5.41, 5.74) is 7.88. The largest absolute Gasteiger partial charge is 0.325 e. The fraction of sp³-hybridized carbons (Fsp3) is 0.133. The molecule has 0 aliphatic heterocycles. The van der Waals surface area contributed by atoms with E-state index in [4.69, 9.17) is 5.73 Å². The van der Waals surface area contributed by atoms with Gasteiger partial charge in [-0.05, 0) is 23.8 Å². The summed E-state index contributed by atoms with van der Waals surface area (Å²) in [6.45, 7) is 0.625. The van der Waals surface area contributed by atoms with E-state index in [1.54, 1.807) is 4.68 Å². The Labute approximate surface area is 114 Å². The van der Waals surface area contributed by atoms with Gasteiger partial charge in [0.2, 0.25) is 0 Å². The van der Waals surface area contributed by atoms with E-state index in [0.717, 1.165) is 22.7 Å². The Morgan fingerprint density at radius 2 is 1.75 bits per heavy atom. The molecule has 1 aromatic heterocycles. The zero-order valence-electron chi connectivity index (χ0n) is 10.7. The Morgan fingerprint density at radius 1 is 1.05 bits per heavy atom. The molecule has 0 amide bonds. The normalized spacial score (nSPS) is 11.2. The Hall–Kier alpha value is -2.27. The van der Waals surface area contributed by atoms with Crippen LogP contribution in [-0.4, -0.2) is 9.78 Å². The smallest absolute Gasteiger partial charge is 0.126 e. The van der Waals surface area contributed by atoms with Crippen LogP contribution >= 0.6 is 0 Å². The van der Waals surface area contributed by atoms with Crippen molar-refractivity contribution in [2.45, 2.75) is 13.1 Å². The van der Waals surface area contributed by atoms with Crippen molar-refractivity contribution in [3.63, 3.8) is 0 Å². The van der Waals surface area contributed by atoms with Crippen LogP contribution in [0.2, 0.25) is 0 Å². The van der Waals surface area contributed by atoms with E-state index in [1.165, 1.54) is 12.1 Å². The van der Waals surface area contributed by atoms with E-state index in [2.05, 4.69) is 5.10 Å². The van der Waals surface area contributed by atoms with Gasteiger partial charge in [0.15, 0.2) is 0 Å². The highest BCUT2D eigenvalue weighted by Gasteiger charge is 2.10. The lowest BCUT2D eigenvalue weighted by atomic mass is 10.2. The van der Waals surface area contributed by atoms with Crippen LogP contribution in [0.25, 0.3) is 10.9 Å². The van der Waals surface area contributed by atoms with Crippen molar-refractivity contribution in [3.05, 3.63) is 65.4 Å². The molecule has 0 fully saturated rings. The predicted octanol–water partition coefficient (Wildman–Crippen LogP) is 2.82. The minimum Gasteiger partial charge on any atom is -0.325 e. The maximum absolute atomic E-state index is 13.2. The number of halogens is 2. The number of nitrogens with two attached hydrogens (primary N) is 1. The number of fused-ring (bicyclic) bond motifs is 1. The summed E-state index contributed by atoms with van der Waals surface area (Å²) in [5.74, 6) is -1.17. The third-order valence-corrected chi connectivity index (χ3v) is 3.18. The molecule has 0 saturated carbocycles. The van der Waals surface area contributed by atoms with Crippen LogP contribution in [0.4, 0.5) is 8.78 Å². The van der Waals surface area contributed by atoms with Crippen LogP contribution in [0.15, 0.2) is 42.5 Å². The molecule has 5 heteroatoms. The van der Waals surface area contributed by atoms with Gasteiger partial charge in [0.05, 0.1) is 17.8 Å². The van der Waals surface area contributed by atoms with E-state index >= 15 is 0 Å². The highest BCUT2D eigenvalue weighted by atomic mass is 19.1. The third-order valence-electron chi connectivity index (χ3n) is 3.18. The minimum atomic E-state index is -0.587. The van der Waals surface area contributed by atoms with Gasteiger partial charge in [-0.3, -0.25) is 4.68 Å². The molecule has 0 atom stereocenters. The van der Waals surface area contributed by atoms with Gasteiger partial charge >= 0.3 is 0 Å². The average molecular weight is 273 g/mol. The van der Waals surface area contributed by atoms with Crippen LogP contribution < -0.4 is 5.73 Å². The van der Waals surface area contributed by atoms with Crippen LogP contribution in [0.5, 0.6) is 0 Å². The van der Waals surface area contributed by atoms with E-state index < -0.39 is 11.6 Å². The van der Waals surface area contributed by atoms with Crippen molar-refractivity contribution >= 4 is 10.9 Å². The molecule has 2 aromatic carbocycles. The molecule has 0 aliphatic rings. The molecule has 0 unspecified atom stereocenters. The first-order valence-electron chi connectivity index (χ1n) is 6.27. The summed E-state index contributed by atoms with van der Waals surface area (Å²) in [6.07, 6.45) is 0. The molecule has 102 valence electrons. The third kappa shape index (κ3) is 2.28. The molecular formula is C15H13F2N3. The molecule has 1 heterocycles. The molecule has 2 N–H and O–H groups in total. The quantitative estimate of drug-likeness (QED) is 0.797. The second kappa shape index (κ2) is 5.02. The van der Waals surface area contributed by atoms with Crippen molar-refractivity contribution in [3.8, 4) is 0 Å². The van der Waals surface area contributed by atoms with Crippen LogP contribution in [-0.2, 0) is 13.1 Å². The van der Waals surface area contributed by atoms with Crippen molar-refractivity contribution in [1.82, 2.24) is 9.78 Å². The van der Waals surface area contributed by atoms with E-state index in [9.17, 15) is 8.78 Å². The molecule has 3 rings (SSSR count). The molecule has 0 spiro atoms. The Kier molecular flexibility index (Phi) is 3.20. The molecular weight excluding hydrogens is 260 g/mol.